The van der Waals surface area contributed by atoms with Crippen LogP contribution in [0.5, 0.6) is 0 Å². The Labute approximate surface area is 72.8 Å². The van der Waals surface area contributed by atoms with Crippen molar-refractivity contribution in [1.82, 2.24) is 0 Å². The third-order valence-electron chi connectivity index (χ3n) is 2.28. The molecule has 0 heterocycles. The van der Waals surface area contributed by atoms with E-state index in [-0.39, 0.29) is 5.78 Å². The van der Waals surface area contributed by atoms with Gasteiger partial charge < -0.3 is 5.11 Å². The standard InChI is InChI=1S/C9H16O3/c1-4-5-6-9(3,7(2)10)8(11)12/h4-6H2,1-3H3,(H,11,12). The van der Waals surface area contributed by atoms with Gasteiger partial charge in [0.1, 0.15) is 11.2 Å². The number of hydrogen-bond donors (Lipinski definition) is 1. The highest BCUT2D eigenvalue weighted by Crippen LogP contribution is 2.25. The molecular weight excluding hydrogens is 156 g/mol. The summed E-state index contributed by atoms with van der Waals surface area (Å²) in [6, 6.07) is 0. The predicted molar refractivity (Wildman–Crippen MR) is 45.9 cm³/mol. The van der Waals surface area contributed by atoms with E-state index in [4.69, 9.17) is 5.11 Å². The van der Waals surface area contributed by atoms with Gasteiger partial charge in [0.2, 0.25) is 0 Å². The summed E-state index contributed by atoms with van der Waals surface area (Å²) in [4.78, 5) is 21.8. The molecule has 0 rings (SSSR count). The highest BCUT2D eigenvalue weighted by molar-refractivity contribution is 6.01. The zero-order valence-corrected chi connectivity index (χ0v) is 7.89. The second kappa shape index (κ2) is 4.24. The Kier molecular flexibility index (Phi) is 3.93. The summed E-state index contributed by atoms with van der Waals surface area (Å²) in [5.74, 6) is -1.27. The predicted octanol–water partition coefficient (Wildman–Crippen LogP) is 1.86. The third-order valence-corrected chi connectivity index (χ3v) is 2.28. The quantitative estimate of drug-likeness (QED) is 0.644. The summed E-state index contributed by atoms with van der Waals surface area (Å²) < 4.78 is 0. The molecule has 0 amide bonds. The van der Waals surface area contributed by atoms with Crippen LogP contribution in [0.4, 0.5) is 0 Å². The van der Waals surface area contributed by atoms with E-state index in [1.54, 1.807) is 0 Å². The number of carboxylic acids is 1. The van der Waals surface area contributed by atoms with Gasteiger partial charge in [-0.1, -0.05) is 19.8 Å². The van der Waals surface area contributed by atoms with Crippen molar-refractivity contribution in [3.63, 3.8) is 0 Å². The minimum absolute atomic E-state index is 0.261. The number of rotatable bonds is 5. The molecule has 1 atom stereocenters. The molecule has 0 aromatic carbocycles. The van der Waals surface area contributed by atoms with Crippen molar-refractivity contribution in [3.8, 4) is 0 Å². The minimum atomic E-state index is -1.17. The molecular formula is C9H16O3. The number of Topliss-reactive ketones (excluding diaryl/α,β-unsaturated/α-hetero) is 1. The number of carbonyl (C=O) groups is 2. The Morgan fingerprint density at radius 1 is 1.42 bits per heavy atom. The molecule has 1 N–H and O–H groups in total. The summed E-state index contributed by atoms with van der Waals surface area (Å²) in [5, 5.41) is 8.81. The van der Waals surface area contributed by atoms with Crippen molar-refractivity contribution in [2.24, 2.45) is 5.41 Å². The zero-order valence-electron chi connectivity index (χ0n) is 7.89. The van der Waals surface area contributed by atoms with Crippen molar-refractivity contribution in [2.75, 3.05) is 0 Å². The average Bonchev–Trinajstić information content (AvgIpc) is 1.99. The Balaban J connectivity index is 4.40. The van der Waals surface area contributed by atoms with Crippen molar-refractivity contribution in [2.45, 2.75) is 40.0 Å². The molecule has 3 nitrogen and oxygen atoms in total. The summed E-state index contributed by atoms with van der Waals surface area (Å²) in [6.45, 7) is 4.81. The molecule has 0 aliphatic rings. The Morgan fingerprint density at radius 2 is 1.92 bits per heavy atom. The molecule has 0 aliphatic carbocycles. The molecule has 0 aromatic heterocycles. The van der Waals surface area contributed by atoms with Gasteiger partial charge in [0, 0.05) is 0 Å². The Morgan fingerprint density at radius 3 is 2.17 bits per heavy atom. The number of hydrogen-bond acceptors (Lipinski definition) is 2. The van der Waals surface area contributed by atoms with Gasteiger partial charge in [-0.05, 0) is 20.3 Å². The molecule has 0 aromatic rings. The summed E-state index contributed by atoms with van der Waals surface area (Å²) in [7, 11) is 0. The van der Waals surface area contributed by atoms with E-state index in [0.717, 1.165) is 12.8 Å². The second-order valence-electron chi connectivity index (χ2n) is 3.30. The topological polar surface area (TPSA) is 54.4 Å². The Bertz CT molecular complexity index is 170. The normalized spacial score (nSPS) is 15.2. The van der Waals surface area contributed by atoms with Crippen molar-refractivity contribution < 1.29 is 14.7 Å². The Hall–Kier alpha value is -0.860. The maximum absolute atomic E-state index is 11.0. The van der Waals surface area contributed by atoms with Gasteiger partial charge in [0.25, 0.3) is 0 Å². The number of aliphatic carboxylic acids is 1. The van der Waals surface area contributed by atoms with Crippen LogP contribution in [0, 0.1) is 5.41 Å². The van der Waals surface area contributed by atoms with E-state index in [9.17, 15) is 9.59 Å². The molecule has 3 heteroatoms. The SMILES string of the molecule is CCCCC(C)(C(C)=O)C(=O)O. The number of unbranched alkanes of at least 4 members (excludes halogenated alkanes) is 1. The average molecular weight is 172 g/mol. The molecule has 0 aliphatic heterocycles. The largest absolute Gasteiger partial charge is 0.481 e. The first kappa shape index (κ1) is 11.1. The lowest BCUT2D eigenvalue weighted by Gasteiger charge is -2.20. The van der Waals surface area contributed by atoms with Gasteiger partial charge in [-0.2, -0.15) is 0 Å². The van der Waals surface area contributed by atoms with E-state index in [0.29, 0.717) is 6.42 Å². The summed E-state index contributed by atoms with van der Waals surface area (Å²) in [6.07, 6.45) is 2.13. The van der Waals surface area contributed by atoms with Crippen LogP contribution in [-0.4, -0.2) is 16.9 Å². The van der Waals surface area contributed by atoms with Gasteiger partial charge in [0.15, 0.2) is 0 Å². The van der Waals surface area contributed by atoms with Crippen LogP contribution in [-0.2, 0) is 9.59 Å². The number of ketones is 1. The third kappa shape index (κ3) is 2.32. The number of carbonyl (C=O) groups excluding carboxylic acids is 1. The zero-order chi connectivity index (χ0) is 9.78. The molecule has 1 unspecified atom stereocenters. The van der Waals surface area contributed by atoms with Crippen LogP contribution in [0.25, 0.3) is 0 Å². The molecule has 0 saturated carbocycles. The minimum Gasteiger partial charge on any atom is -0.481 e. The van der Waals surface area contributed by atoms with Crippen LogP contribution in [0.2, 0.25) is 0 Å². The first-order valence-corrected chi connectivity index (χ1v) is 4.19. The maximum atomic E-state index is 11.0. The van der Waals surface area contributed by atoms with Crippen LogP contribution in [0.15, 0.2) is 0 Å². The summed E-state index contributed by atoms with van der Waals surface area (Å²) >= 11 is 0. The molecule has 12 heavy (non-hydrogen) atoms. The van der Waals surface area contributed by atoms with Crippen LogP contribution in [0.1, 0.15) is 40.0 Å². The molecule has 0 radical (unpaired) electrons. The van der Waals surface area contributed by atoms with Crippen LogP contribution in [0.3, 0.4) is 0 Å². The fourth-order valence-electron chi connectivity index (χ4n) is 0.964. The highest BCUT2D eigenvalue weighted by atomic mass is 16.4. The van der Waals surface area contributed by atoms with E-state index in [1.165, 1.54) is 13.8 Å². The van der Waals surface area contributed by atoms with Crippen molar-refractivity contribution in [1.29, 1.82) is 0 Å². The molecule has 0 fully saturated rings. The molecule has 70 valence electrons. The van der Waals surface area contributed by atoms with E-state index < -0.39 is 11.4 Å². The van der Waals surface area contributed by atoms with Gasteiger partial charge >= 0.3 is 5.97 Å². The summed E-state index contributed by atoms with van der Waals surface area (Å²) in [5.41, 5.74) is -1.17. The van der Waals surface area contributed by atoms with Gasteiger partial charge in [-0.3, -0.25) is 9.59 Å². The maximum Gasteiger partial charge on any atom is 0.316 e. The van der Waals surface area contributed by atoms with Crippen LogP contribution < -0.4 is 0 Å². The lowest BCUT2D eigenvalue weighted by atomic mass is 9.81. The van der Waals surface area contributed by atoms with Crippen molar-refractivity contribution in [3.05, 3.63) is 0 Å². The smallest absolute Gasteiger partial charge is 0.316 e. The lowest BCUT2D eigenvalue weighted by molar-refractivity contribution is -0.153. The lowest BCUT2D eigenvalue weighted by Crippen LogP contribution is -2.34. The van der Waals surface area contributed by atoms with Crippen LogP contribution >= 0.6 is 0 Å². The molecule has 0 saturated heterocycles. The first-order chi connectivity index (χ1) is 5.45. The second-order valence-corrected chi connectivity index (χ2v) is 3.30. The van der Waals surface area contributed by atoms with Crippen molar-refractivity contribution >= 4 is 11.8 Å². The van der Waals surface area contributed by atoms with Gasteiger partial charge in [0.05, 0.1) is 0 Å². The first-order valence-electron chi connectivity index (χ1n) is 4.19. The monoisotopic (exact) mass is 172 g/mol. The van der Waals surface area contributed by atoms with E-state index in [2.05, 4.69) is 0 Å². The fourth-order valence-corrected chi connectivity index (χ4v) is 0.964. The van der Waals surface area contributed by atoms with E-state index >= 15 is 0 Å². The molecule has 0 spiro atoms. The van der Waals surface area contributed by atoms with Gasteiger partial charge in [-0.25, -0.2) is 0 Å². The van der Waals surface area contributed by atoms with E-state index in [1.807, 2.05) is 6.92 Å². The number of carboxylic acid groups (broad SMARTS) is 1. The molecule has 0 bridgehead atoms. The van der Waals surface area contributed by atoms with Gasteiger partial charge in [-0.15, -0.1) is 0 Å². The highest BCUT2D eigenvalue weighted by Gasteiger charge is 2.37. The fraction of sp³-hybridized carbons (Fsp3) is 0.778.